The van der Waals surface area contributed by atoms with E-state index in [2.05, 4.69) is 5.32 Å². The Morgan fingerprint density at radius 2 is 1.73 bits per heavy atom. The third kappa shape index (κ3) is 7.70. The molecule has 0 saturated carbocycles. The van der Waals surface area contributed by atoms with E-state index in [0.717, 1.165) is 16.7 Å². The van der Waals surface area contributed by atoms with Crippen LogP contribution >= 0.6 is 0 Å². The molecule has 10 heteroatoms. The monoisotopic (exact) mass is 522 g/mol. The molecule has 3 rings (SSSR count). The standard InChI is InChI=1S/C27H34N2O7.Na.H/c1-5-36-27(33)21(12-11-18-9-7-6-8-10-18)28-17(2)25(30)29-16-20-15-24(35-4)23(34-3)14-19(20)13-22(29)26(31)32;;/h6-10,14-15,17,21-22,28H,5,11-13,16H2,1-4H3,(H,31,32);;/q;+1;-1/t17?,21?,22-;;/m0../s1. The van der Waals surface area contributed by atoms with Crippen LogP contribution in [0.3, 0.4) is 0 Å². The molecule has 196 valence electrons. The van der Waals surface area contributed by atoms with Crippen LogP contribution in [-0.4, -0.2) is 66.8 Å². The molecule has 2 aromatic rings. The summed E-state index contributed by atoms with van der Waals surface area (Å²) in [4.78, 5) is 39.6. The van der Waals surface area contributed by atoms with Crippen molar-refractivity contribution in [3.63, 3.8) is 0 Å². The summed E-state index contributed by atoms with van der Waals surface area (Å²) < 4.78 is 15.9. The quantitative estimate of drug-likeness (QED) is 0.306. The number of carbonyl (C=O) groups excluding carboxylic acids is 2. The Bertz CT molecular complexity index is 1090. The van der Waals surface area contributed by atoms with Crippen molar-refractivity contribution in [1.29, 1.82) is 0 Å². The van der Waals surface area contributed by atoms with Crippen molar-refractivity contribution >= 4 is 17.8 Å². The van der Waals surface area contributed by atoms with E-state index >= 15 is 0 Å². The Morgan fingerprint density at radius 3 is 2.30 bits per heavy atom. The van der Waals surface area contributed by atoms with Crippen molar-refractivity contribution in [2.75, 3.05) is 20.8 Å². The van der Waals surface area contributed by atoms with Crippen molar-refractivity contribution in [2.24, 2.45) is 0 Å². The van der Waals surface area contributed by atoms with Gasteiger partial charge in [-0.3, -0.25) is 14.9 Å². The number of hydrogen-bond donors (Lipinski definition) is 2. The molecule has 0 aliphatic carbocycles. The molecule has 0 bridgehead atoms. The summed E-state index contributed by atoms with van der Waals surface area (Å²) >= 11 is 0. The minimum absolute atomic E-state index is 0. The summed E-state index contributed by atoms with van der Waals surface area (Å²) in [6.45, 7) is 3.69. The number of carboxylic acid groups (broad SMARTS) is 1. The average Bonchev–Trinajstić information content (AvgIpc) is 2.89. The van der Waals surface area contributed by atoms with E-state index in [-0.39, 0.29) is 50.6 Å². The Hall–Kier alpha value is -2.59. The number of hydrogen-bond acceptors (Lipinski definition) is 7. The summed E-state index contributed by atoms with van der Waals surface area (Å²) in [5.41, 5.74) is 2.64. The fourth-order valence-corrected chi connectivity index (χ4v) is 4.45. The predicted octanol–water partition coefficient (Wildman–Crippen LogP) is -0.299. The molecule has 0 spiro atoms. The third-order valence-electron chi connectivity index (χ3n) is 6.36. The molecule has 37 heavy (non-hydrogen) atoms. The molecule has 1 heterocycles. The number of rotatable bonds is 11. The Balaban J connectivity index is 0.00000361. The summed E-state index contributed by atoms with van der Waals surface area (Å²) in [5.74, 6) is -0.930. The van der Waals surface area contributed by atoms with Crippen LogP contribution in [0.25, 0.3) is 0 Å². The van der Waals surface area contributed by atoms with Crippen LogP contribution in [0.5, 0.6) is 11.5 Å². The number of benzene rings is 2. The molecule has 3 atom stereocenters. The van der Waals surface area contributed by atoms with E-state index in [4.69, 9.17) is 14.2 Å². The van der Waals surface area contributed by atoms with Crippen molar-refractivity contribution in [3.05, 3.63) is 59.2 Å². The van der Waals surface area contributed by atoms with Crippen LogP contribution in [0.1, 0.15) is 38.4 Å². The number of fused-ring (bicyclic) bond motifs is 1. The number of esters is 1. The first-order valence-corrected chi connectivity index (χ1v) is 12.0. The van der Waals surface area contributed by atoms with E-state index < -0.39 is 36.0 Å². The molecule has 0 saturated heterocycles. The molecule has 0 fully saturated rings. The maximum absolute atomic E-state index is 13.5. The van der Waals surface area contributed by atoms with Gasteiger partial charge in [-0.25, -0.2) is 4.79 Å². The molecule has 1 aliphatic heterocycles. The molecule has 1 amide bonds. The van der Waals surface area contributed by atoms with Crippen molar-refractivity contribution in [2.45, 2.75) is 57.8 Å². The SMILES string of the molecule is CCOC(=O)C(CCc1ccccc1)NC(C)C(=O)N1Cc2cc(OC)c(OC)cc2C[C@H]1C(=O)O.[H-].[Na+]. The third-order valence-corrected chi connectivity index (χ3v) is 6.36. The zero-order valence-corrected chi connectivity index (χ0v) is 24.2. The van der Waals surface area contributed by atoms with Gasteiger partial charge in [-0.15, -0.1) is 0 Å². The maximum atomic E-state index is 13.5. The number of carbonyl (C=O) groups is 3. The van der Waals surface area contributed by atoms with Crippen LogP contribution < -0.4 is 44.3 Å². The van der Waals surface area contributed by atoms with Gasteiger partial charge in [0.15, 0.2) is 11.5 Å². The van der Waals surface area contributed by atoms with Crippen molar-refractivity contribution in [3.8, 4) is 11.5 Å². The molecule has 1 aliphatic rings. The van der Waals surface area contributed by atoms with Crippen LogP contribution in [0.4, 0.5) is 0 Å². The largest absolute Gasteiger partial charge is 1.00 e. The number of nitrogens with one attached hydrogen (secondary N) is 1. The van der Waals surface area contributed by atoms with E-state index in [0.29, 0.717) is 24.3 Å². The van der Waals surface area contributed by atoms with Gasteiger partial charge in [-0.1, -0.05) is 30.3 Å². The summed E-state index contributed by atoms with van der Waals surface area (Å²) in [5, 5.41) is 13.0. The Kier molecular flexibility index (Phi) is 11.9. The number of ether oxygens (including phenoxy) is 3. The number of aliphatic carboxylic acids is 1. The Morgan fingerprint density at radius 1 is 1.11 bits per heavy atom. The normalized spacial score (nSPS) is 16.0. The maximum Gasteiger partial charge on any atom is 1.00 e. The van der Waals surface area contributed by atoms with E-state index in [1.54, 1.807) is 26.0 Å². The zero-order chi connectivity index (χ0) is 26.2. The molecule has 0 radical (unpaired) electrons. The molecular formula is C27H35N2NaO7. The second-order valence-electron chi connectivity index (χ2n) is 8.72. The minimum atomic E-state index is -1.10. The van der Waals surface area contributed by atoms with Gasteiger partial charge in [0.05, 0.1) is 26.9 Å². The topological polar surface area (TPSA) is 114 Å². The van der Waals surface area contributed by atoms with Crippen LogP contribution in [-0.2, 0) is 38.5 Å². The first-order valence-electron chi connectivity index (χ1n) is 12.0. The van der Waals surface area contributed by atoms with Crippen molar-refractivity contribution in [1.82, 2.24) is 10.2 Å². The summed E-state index contributed by atoms with van der Waals surface area (Å²) in [6.07, 6.45) is 1.19. The molecular weight excluding hydrogens is 487 g/mol. The number of amides is 1. The predicted molar refractivity (Wildman–Crippen MR) is 134 cm³/mol. The van der Waals surface area contributed by atoms with Gasteiger partial charge in [-0.05, 0) is 55.5 Å². The molecule has 0 aromatic heterocycles. The van der Waals surface area contributed by atoms with Gasteiger partial charge in [0.1, 0.15) is 12.1 Å². The number of nitrogens with zero attached hydrogens (tertiary/aromatic N) is 1. The van der Waals surface area contributed by atoms with Gasteiger partial charge in [0, 0.05) is 13.0 Å². The molecule has 9 nitrogen and oxygen atoms in total. The zero-order valence-electron chi connectivity index (χ0n) is 23.2. The second kappa shape index (κ2) is 14.4. The average molecular weight is 523 g/mol. The van der Waals surface area contributed by atoms with Gasteiger partial charge in [0.2, 0.25) is 5.91 Å². The minimum Gasteiger partial charge on any atom is -1.00 e. The van der Waals surface area contributed by atoms with Gasteiger partial charge in [0.25, 0.3) is 0 Å². The molecule has 2 aromatic carbocycles. The van der Waals surface area contributed by atoms with Crippen LogP contribution in [0, 0.1) is 0 Å². The Labute approximate surface area is 241 Å². The van der Waals surface area contributed by atoms with Gasteiger partial charge < -0.3 is 25.6 Å². The van der Waals surface area contributed by atoms with Crippen molar-refractivity contribution < 1.29 is 64.7 Å². The smallest absolute Gasteiger partial charge is 1.00 e. The van der Waals surface area contributed by atoms with E-state index in [1.807, 2.05) is 30.3 Å². The first kappa shape index (κ1) is 30.6. The first-order chi connectivity index (χ1) is 17.3. The molecule has 2 N–H and O–H groups in total. The van der Waals surface area contributed by atoms with E-state index in [1.165, 1.54) is 19.1 Å². The number of methoxy groups -OCH3 is 2. The number of carboxylic acids is 1. The van der Waals surface area contributed by atoms with Crippen LogP contribution in [0.15, 0.2) is 42.5 Å². The second-order valence-corrected chi connectivity index (χ2v) is 8.72. The van der Waals surface area contributed by atoms with Crippen LogP contribution in [0.2, 0.25) is 0 Å². The number of aryl methyl sites for hydroxylation is 1. The summed E-state index contributed by atoms with van der Waals surface area (Å²) in [6, 6.07) is 10.7. The fourth-order valence-electron chi connectivity index (χ4n) is 4.45. The van der Waals surface area contributed by atoms with E-state index in [9.17, 15) is 19.5 Å². The summed E-state index contributed by atoms with van der Waals surface area (Å²) in [7, 11) is 3.04. The van der Waals surface area contributed by atoms with Gasteiger partial charge >= 0.3 is 41.5 Å². The fraction of sp³-hybridized carbons (Fsp3) is 0.444. The van der Waals surface area contributed by atoms with Gasteiger partial charge in [-0.2, -0.15) is 0 Å². The molecule has 2 unspecified atom stereocenters.